The van der Waals surface area contributed by atoms with Gasteiger partial charge in [0.1, 0.15) is 18.5 Å². The predicted octanol–water partition coefficient (Wildman–Crippen LogP) is 4.31. The first-order valence-corrected chi connectivity index (χ1v) is 9.65. The molecule has 2 N–H and O–H groups in total. The van der Waals surface area contributed by atoms with E-state index in [-0.39, 0.29) is 6.61 Å². The average Bonchev–Trinajstić information content (AvgIpc) is 2.65. The lowest BCUT2D eigenvalue weighted by atomic mass is 10.0. The minimum absolute atomic E-state index is 0.282. The van der Waals surface area contributed by atoms with Crippen LogP contribution >= 0.6 is 23.2 Å². The number of β-amino-alcohol motifs (C(OH)–C–C–N with tert-alkyl or cyclic N) is 1. The number of hydrogen-bond donors (Lipinski definition) is 2. The topological polar surface area (TPSA) is 44.7 Å². The molecule has 1 atom stereocenters. The lowest BCUT2D eigenvalue weighted by molar-refractivity contribution is 0.0605. The molecular weight excluding hydrogens is 371 g/mol. The highest BCUT2D eigenvalue weighted by atomic mass is 35.5. The summed E-state index contributed by atoms with van der Waals surface area (Å²) < 4.78 is 5.62. The van der Waals surface area contributed by atoms with Crippen molar-refractivity contribution in [2.45, 2.75) is 25.0 Å². The standard InChI is InChI=1S/C20H24Cl2N2O2/c21-15-1-5-17(6-2-15)23-18-9-11-24(12-10-18)13-19(25)14-26-20-7-3-16(22)4-8-20/h1-8,18-19,23,25H,9-14H2/t19-/m0/s1. The molecular formula is C20H24Cl2N2O2. The van der Waals surface area contributed by atoms with E-state index in [1.807, 2.05) is 36.4 Å². The second-order valence-electron chi connectivity index (χ2n) is 6.64. The summed E-state index contributed by atoms with van der Waals surface area (Å²) in [7, 11) is 0. The Morgan fingerprint density at radius 1 is 1.00 bits per heavy atom. The van der Waals surface area contributed by atoms with Crippen LogP contribution in [0.2, 0.25) is 10.0 Å². The first-order chi connectivity index (χ1) is 12.6. The van der Waals surface area contributed by atoms with E-state index in [1.165, 1.54) is 0 Å². The van der Waals surface area contributed by atoms with Crippen LogP contribution in [0, 0.1) is 0 Å². The number of hydrogen-bond acceptors (Lipinski definition) is 4. The second-order valence-corrected chi connectivity index (χ2v) is 7.52. The van der Waals surface area contributed by atoms with Crippen LogP contribution in [0.4, 0.5) is 5.69 Å². The Bertz CT molecular complexity index is 671. The summed E-state index contributed by atoms with van der Waals surface area (Å²) in [5, 5.41) is 15.2. The van der Waals surface area contributed by atoms with Crippen LogP contribution in [0.1, 0.15) is 12.8 Å². The largest absolute Gasteiger partial charge is 0.491 e. The third-order valence-electron chi connectivity index (χ3n) is 4.53. The molecule has 0 spiro atoms. The highest BCUT2D eigenvalue weighted by Crippen LogP contribution is 2.19. The quantitative estimate of drug-likeness (QED) is 0.734. The molecule has 26 heavy (non-hydrogen) atoms. The smallest absolute Gasteiger partial charge is 0.119 e. The maximum atomic E-state index is 10.2. The van der Waals surface area contributed by atoms with Crippen molar-refractivity contribution in [3.63, 3.8) is 0 Å². The van der Waals surface area contributed by atoms with Crippen molar-refractivity contribution in [1.29, 1.82) is 0 Å². The first kappa shape index (κ1) is 19.3. The van der Waals surface area contributed by atoms with Crippen LogP contribution < -0.4 is 10.1 Å². The summed E-state index contributed by atoms with van der Waals surface area (Å²) in [6.45, 7) is 2.83. The van der Waals surface area contributed by atoms with E-state index >= 15 is 0 Å². The Labute approximate surface area is 164 Å². The molecule has 2 aromatic rings. The van der Waals surface area contributed by atoms with E-state index in [9.17, 15) is 5.11 Å². The van der Waals surface area contributed by atoms with Crippen molar-refractivity contribution in [2.75, 3.05) is 31.6 Å². The highest BCUT2D eigenvalue weighted by molar-refractivity contribution is 6.30. The summed E-state index contributed by atoms with van der Waals surface area (Å²) in [4.78, 5) is 2.29. The molecule has 1 aliphatic heterocycles. The maximum Gasteiger partial charge on any atom is 0.119 e. The third kappa shape index (κ3) is 6.06. The molecule has 0 radical (unpaired) electrons. The minimum Gasteiger partial charge on any atom is -0.491 e. The number of ether oxygens (including phenoxy) is 1. The van der Waals surface area contributed by atoms with Gasteiger partial charge < -0.3 is 20.1 Å². The van der Waals surface area contributed by atoms with Crippen LogP contribution in [0.15, 0.2) is 48.5 Å². The number of aliphatic hydroxyl groups is 1. The molecule has 1 fully saturated rings. The molecule has 0 aromatic heterocycles. The van der Waals surface area contributed by atoms with Gasteiger partial charge in [-0.15, -0.1) is 0 Å². The lowest BCUT2D eigenvalue weighted by Crippen LogP contribution is -2.43. The molecule has 1 saturated heterocycles. The number of benzene rings is 2. The molecule has 1 aliphatic rings. The number of rotatable bonds is 7. The predicted molar refractivity (Wildman–Crippen MR) is 107 cm³/mol. The Balaban J connectivity index is 1.36. The summed E-state index contributed by atoms with van der Waals surface area (Å²) >= 11 is 11.8. The molecule has 0 amide bonds. The van der Waals surface area contributed by atoms with Gasteiger partial charge in [0.2, 0.25) is 0 Å². The molecule has 140 valence electrons. The number of nitrogens with one attached hydrogen (secondary N) is 1. The Morgan fingerprint density at radius 3 is 2.19 bits per heavy atom. The Hall–Kier alpha value is -1.46. The summed E-state index contributed by atoms with van der Waals surface area (Å²) in [6.07, 6.45) is 1.59. The maximum absolute atomic E-state index is 10.2. The number of aliphatic hydroxyl groups excluding tert-OH is 1. The van der Waals surface area contributed by atoms with Crippen LogP contribution in [0.25, 0.3) is 0 Å². The van der Waals surface area contributed by atoms with Gasteiger partial charge in [-0.1, -0.05) is 23.2 Å². The van der Waals surface area contributed by atoms with Gasteiger partial charge >= 0.3 is 0 Å². The van der Waals surface area contributed by atoms with Crippen molar-refractivity contribution >= 4 is 28.9 Å². The number of piperidine rings is 1. The fraction of sp³-hybridized carbons (Fsp3) is 0.400. The second kappa shape index (κ2) is 9.47. The normalized spacial score (nSPS) is 17.0. The molecule has 0 unspecified atom stereocenters. The molecule has 4 nitrogen and oxygen atoms in total. The van der Waals surface area contributed by atoms with Gasteiger partial charge in [0.05, 0.1) is 0 Å². The van der Waals surface area contributed by atoms with Crippen molar-refractivity contribution in [3.8, 4) is 5.75 Å². The number of halogens is 2. The molecule has 0 saturated carbocycles. The van der Waals surface area contributed by atoms with Crippen molar-refractivity contribution in [1.82, 2.24) is 4.90 Å². The minimum atomic E-state index is -0.508. The van der Waals surface area contributed by atoms with Gasteiger partial charge in [0.25, 0.3) is 0 Å². The van der Waals surface area contributed by atoms with Crippen molar-refractivity contribution in [2.24, 2.45) is 0 Å². The van der Waals surface area contributed by atoms with Gasteiger partial charge in [-0.05, 0) is 61.4 Å². The molecule has 2 aromatic carbocycles. The molecule has 0 aliphatic carbocycles. The van der Waals surface area contributed by atoms with Gasteiger partial charge in [0, 0.05) is 41.4 Å². The monoisotopic (exact) mass is 394 g/mol. The van der Waals surface area contributed by atoms with Crippen LogP contribution in [-0.2, 0) is 0 Å². The SMILES string of the molecule is O[C@H](COc1ccc(Cl)cc1)CN1CCC(Nc2ccc(Cl)cc2)CC1. The molecule has 6 heteroatoms. The molecule has 3 rings (SSSR count). The van der Waals surface area contributed by atoms with Crippen molar-refractivity contribution < 1.29 is 9.84 Å². The Kier molecular flexibility index (Phi) is 7.03. The van der Waals surface area contributed by atoms with Gasteiger partial charge in [-0.2, -0.15) is 0 Å². The Morgan fingerprint density at radius 2 is 1.58 bits per heavy atom. The van der Waals surface area contributed by atoms with E-state index in [0.717, 1.165) is 42.4 Å². The third-order valence-corrected chi connectivity index (χ3v) is 5.03. The van der Waals surface area contributed by atoms with Crippen LogP contribution in [0.5, 0.6) is 5.75 Å². The summed E-state index contributed by atoms with van der Waals surface area (Å²) in [6, 6.07) is 15.4. The number of nitrogens with zero attached hydrogens (tertiary/aromatic N) is 1. The van der Waals surface area contributed by atoms with Gasteiger partial charge in [-0.25, -0.2) is 0 Å². The summed E-state index contributed by atoms with van der Waals surface area (Å²) in [5.74, 6) is 0.722. The lowest BCUT2D eigenvalue weighted by Gasteiger charge is -2.33. The fourth-order valence-electron chi connectivity index (χ4n) is 3.12. The first-order valence-electron chi connectivity index (χ1n) is 8.89. The molecule has 1 heterocycles. The zero-order valence-electron chi connectivity index (χ0n) is 14.6. The van der Waals surface area contributed by atoms with Crippen LogP contribution in [-0.4, -0.2) is 48.4 Å². The average molecular weight is 395 g/mol. The zero-order valence-corrected chi connectivity index (χ0v) is 16.1. The van der Waals surface area contributed by atoms with Gasteiger partial charge in [-0.3, -0.25) is 0 Å². The van der Waals surface area contributed by atoms with E-state index in [4.69, 9.17) is 27.9 Å². The molecule has 0 bridgehead atoms. The fourth-order valence-corrected chi connectivity index (χ4v) is 3.37. The van der Waals surface area contributed by atoms with Crippen LogP contribution in [0.3, 0.4) is 0 Å². The van der Waals surface area contributed by atoms with E-state index in [1.54, 1.807) is 12.1 Å². The number of anilines is 1. The van der Waals surface area contributed by atoms with Gasteiger partial charge in [0.15, 0.2) is 0 Å². The van der Waals surface area contributed by atoms with Crippen molar-refractivity contribution in [3.05, 3.63) is 58.6 Å². The summed E-state index contributed by atoms with van der Waals surface area (Å²) in [5.41, 5.74) is 1.10. The zero-order chi connectivity index (χ0) is 18.4. The van der Waals surface area contributed by atoms with E-state index in [2.05, 4.69) is 10.2 Å². The van der Waals surface area contributed by atoms with E-state index < -0.39 is 6.10 Å². The highest BCUT2D eigenvalue weighted by Gasteiger charge is 2.21. The number of likely N-dealkylation sites (tertiary alicyclic amines) is 1. The van der Waals surface area contributed by atoms with E-state index in [0.29, 0.717) is 17.6 Å².